The lowest BCUT2D eigenvalue weighted by molar-refractivity contribution is -0.114. The number of amides is 1. The van der Waals surface area contributed by atoms with E-state index in [1.54, 1.807) is 25.3 Å². The Morgan fingerprint density at radius 3 is 2.58 bits per heavy atom. The molecule has 0 heterocycles. The summed E-state index contributed by atoms with van der Waals surface area (Å²) in [6.07, 6.45) is 0.906. The van der Waals surface area contributed by atoms with E-state index in [1.165, 1.54) is 0 Å². The quantitative estimate of drug-likeness (QED) is 0.327. The summed E-state index contributed by atoms with van der Waals surface area (Å²) in [4.78, 5) is 16.0. The van der Waals surface area contributed by atoms with Gasteiger partial charge in [-0.2, -0.15) is 0 Å². The minimum absolute atomic E-state index is 0. The van der Waals surface area contributed by atoms with E-state index in [1.807, 2.05) is 24.3 Å². The molecule has 26 heavy (non-hydrogen) atoms. The van der Waals surface area contributed by atoms with Crippen molar-refractivity contribution >= 4 is 58.8 Å². The first-order chi connectivity index (χ1) is 12.0. The number of nitrogens with zero attached hydrogens (tertiary/aromatic N) is 1. The van der Waals surface area contributed by atoms with E-state index in [0.717, 1.165) is 17.7 Å². The highest BCUT2D eigenvalue weighted by molar-refractivity contribution is 14.0. The Bertz CT molecular complexity index is 784. The number of halogens is 2. The third-order valence-corrected chi connectivity index (χ3v) is 3.73. The van der Waals surface area contributed by atoms with Crippen LogP contribution in [0.1, 0.15) is 12.5 Å². The van der Waals surface area contributed by atoms with Gasteiger partial charge in [-0.1, -0.05) is 30.7 Å². The van der Waals surface area contributed by atoms with Gasteiger partial charge in [-0.25, -0.2) is 4.99 Å². The van der Waals surface area contributed by atoms with Gasteiger partial charge in [0.25, 0.3) is 0 Å². The van der Waals surface area contributed by atoms with Gasteiger partial charge in [0, 0.05) is 11.4 Å². The van der Waals surface area contributed by atoms with Gasteiger partial charge in [0.2, 0.25) is 5.91 Å². The van der Waals surface area contributed by atoms with Gasteiger partial charge in [0.1, 0.15) is 12.3 Å². The van der Waals surface area contributed by atoms with Gasteiger partial charge in [-0.15, -0.1) is 24.0 Å². The average molecular weight is 489 g/mol. The number of nitrogens with one attached hydrogen (secondary N) is 2. The lowest BCUT2D eigenvalue weighted by Crippen LogP contribution is -2.25. The van der Waals surface area contributed by atoms with Crippen molar-refractivity contribution < 1.29 is 9.53 Å². The molecule has 2 aromatic rings. The summed E-state index contributed by atoms with van der Waals surface area (Å²) >= 11 is 6.05. The third-order valence-electron chi connectivity index (χ3n) is 3.44. The van der Waals surface area contributed by atoms with Crippen LogP contribution in [0.3, 0.4) is 0 Å². The molecule has 0 radical (unpaired) electrons. The zero-order valence-corrected chi connectivity index (χ0v) is 17.7. The molecule has 140 valence electrons. The number of aliphatic imine (C=N–C) groups is 1. The maximum atomic E-state index is 12.0. The Kier molecular flexibility index (Phi) is 9.22. The fourth-order valence-corrected chi connectivity index (χ4v) is 2.42. The molecule has 0 aliphatic heterocycles. The maximum absolute atomic E-state index is 12.0. The number of nitrogens with two attached hydrogens (primary N) is 1. The van der Waals surface area contributed by atoms with Crippen LogP contribution >= 0.6 is 35.6 Å². The van der Waals surface area contributed by atoms with E-state index in [9.17, 15) is 4.79 Å². The second-order valence-corrected chi connectivity index (χ2v) is 5.69. The second-order valence-electron chi connectivity index (χ2n) is 5.28. The van der Waals surface area contributed by atoms with Gasteiger partial charge >= 0.3 is 0 Å². The van der Waals surface area contributed by atoms with Gasteiger partial charge in [-0.05, 0) is 42.3 Å². The number of aryl methyl sites for hydroxylation is 1. The number of rotatable bonds is 6. The molecule has 0 aromatic heterocycles. The van der Waals surface area contributed by atoms with E-state index >= 15 is 0 Å². The van der Waals surface area contributed by atoms with Crippen molar-refractivity contribution in [2.45, 2.75) is 13.3 Å². The van der Waals surface area contributed by atoms with Crippen molar-refractivity contribution in [3.05, 3.63) is 53.1 Å². The number of carbonyl (C=O) groups is 1. The number of methoxy groups -OCH3 is 1. The molecule has 0 aliphatic carbocycles. The molecule has 0 unspecified atom stereocenters. The van der Waals surface area contributed by atoms with Crippen LogP contribution in [0.5, 0.6) is 5.75 Å². The SMILES string of the molecule is CCc1cccc(NC(=O)CN=C(N)Nc2ccc(OC)c(Cl)c2)c1.I. The summed E-state index contributed by atoms with van der Waals surface area (Å²) in [5.41, 5.74) is 8.35. The molecule has 0 bridgehead atoms. The van der Waals surface area contributed by atoms with E-state index in [0.29, 0.717) is 16.5 Å². The number of ether oxygens (including phenoxy) is 1. The number of hydrogen-bond donors (Lipinski definition) is 3. The summed E-state index contributed by atoms with van der Waals surface area (Å²) < 4.78 is 5.08. The van der Waals surface area contributed by atoms with Crippen LogP contribution in [0.15, 0.2) is 47.5 Å². The largest absolute Gasteiger partial charge is 0.495 e. The monoisotopic (exact) mass is 488 g/mol. The molecule has 0 saturated carbocycles. The number of guanidine groups is 1. The number of carbonyl (C=O) groups excluding carboxylic acids is 1. The van der Waals surface area contributed by atoms with Crippen LogP contribution in [0.2, 0.25) is 5.02 Å². The zero-order chi connectivity index (χ0) is 18.2. The number of anilines is 2. The molecule has 0 atom stereocenters. The molecular formula is C18H22ClIN4O2. The molecule has 1 amide bonds. The predicted octanol–water partition coefficient (Wildman–Crippen LogP) is 3.89. The number of benzene rings is 2. The van der Waals surface area contributed by atoms with Crippen LogP contribution in [-0.2, 0) is 11.2 Å². The van der Waals surface area contributed by atoms with Crippen LogP contribution < -0.4 is 21.1 Å². The van der Waals surface area contributed by atoms with Crippen molar-refractivity contribution in [2.75, 3.05) is 24.3 Å². The van der Waals surface area contributed by atoms with E-state index in [4.69, 9.17) is 22.1 Å². The van der Waals surface area contributed by atoms with E-state index in [2.05, 4.69) is 22.5 Å². The first-order valence-corrected chi connectivity index (χ1v) is 8.19. The van der Waals surface area contributed by atoms with Gasteiger partial charge in [0.15, 0.2) is 5.96 Å². The molecule has 8 heteroatoms. The first kappa shape index (κ1) is 22.0. The smallest absolute Gasteiger partial charge is 0.246 e. The highest BCUT2D eigenvalue weighted by Crippen LogP contribution is 2.27. The lowest BCUT2D eigenvalue weighted by Gasteiger charge is -2.09. The Morgan fingerprint density at radius 1 is 1.19 bits per heavy atom. The van der Waals surface area contributed by atoms with Crippen molar-refractivity contribution in [1.82, 2.24) is 0 Å². The molecule has 2 aromatic carbocycles. The topological polar surface area (TPSA) is 88.7 Å². The van der Waals surface area contributed by atoms with Crippen molar-refractivity contribution in [2.24, 2.45) is 10.7 Å². The Labute approximate surface area is 175 Å². The Hall–Kier alpha value is -2.00. The van der Waals surface area contributed by atoms with Crippen molar-refractivity contribution in [3.63, 3.8) is 0 Å². The highest BCUT2D eigenvalue weighted by Gasteiger charge is 2.05. The zero-order valence-electron chi connectivity index (χ0n) is 14.6. The Morgan fingerprint density at radius 2 is 1.92 bits per heavy atom. The van der Waals surface area contributed by atoms with Crippen LogP contribution in [0, 0.1) is 0 Å². The minimum Gasteiger partial charge on any atom is -0.495 e. The van der Waals surface area contributed by atoms with Crippen molar-refractivity contribution in [3.8, 4) is 5.75 Å². The molecule has 4 N–H and O–H groups in total. The highest BCUT2D eigenvalue weighted by atomic mass is 127. The molecular weight excluding hydrogens is 467 g/mol. The summed E-state index contributed by atoms with van der Waals surface area (Å²) in [5, 5.41) is 6.12. The minimum atomic E-state index is -0.245. The van der Waals surface area contributed by atoms with E-state index in [-0.39, 0.29) is 42.4 Å². The van der Waals surface area contributed by atoms with Crippen LogP contribution in [0.25, 0.3) is 0 Å². The normalized spacial score (nSPS) is 10.7. The lowest BCUT2D eigenvalue weighted by atomic mass is 10.1. The Balaban J connectivity index is 0.00000338. The summed E-state index contributed by atoms with van der Waals surface area (Å²) in [6.45, 7) is 1.97. The maximum Gasteiger partial charge on any atom is 0.246 e. The molecule has 6 nitrogen and oxygen atoms in total. The third kappa shape index (κ3) is 6.72. The fourth-order valence-electron chi connectivity index (χ4n) is 2.16. The van der Waals surface area contributed by atoms with Gasteiger partial charge in [0.05, 0.1) is 12.1 Å². The van der Waals surface area contributed by atoms with Gasteiger partial charge in [-0.3, -0.25) is 4.79 Å². The molecule has 0 spiro atoms. The molecule has 0 aliphatic rings. The standard InChI is InChI=1S/C18H21ClN4O2.HI/c1-3-12-5-4-6-13(9-12)22-17(24)11-21-18(20)23-14-7-8-16(25-2)15(19)10-14;/h4-10H,3,11H2,1-2H3,(H,22,24)(H3,20,21,23);1H. The second kappa shape index (κ2) is 10.9. The summed E-state index contributed by atoms with van der Waals surface area (Å²) in [6, 6.07) is 12.8. The number of hydrogen-bond acceptors (Lipinski definition) is 3. The van der Waals surface area contributed by atoms with Crippen LogP contribution in [0.4, 0.5) is 11.4 Å². The predicted molar refractivity (Wildman–Crippen MR) is 118 cm³/mol. The van der Waals surface area contributed by atoms with Crippen LogP contribution in [-0.4, -0.2) is 25.5 Å². The molecule has 0 saturated heterocycles. The first-order valence-electron chi connectivity index (χ1n) is 7.81. The van der Waals surface area contributed by atoms with Crippen molar-refractivity contribution in [1.29, 1.82) is 0 Å². The average Bonchev–Trinajstić information content (AvgIpc) is 2.60. The molecule has 2 rings (SSSR count). The summed E-state index contributed by atoms with van der Waals surface area (Å²) in [7, 11) is 1.54. The fraction of sp³-hybridized carbons (Fsp3) is 0.222. The molecule has 0 fully saturated rings. The van der Waals surface area contributed by atoms with Gasteiger partial charge < -0.3 is 21.1 Å². The van der Waals surface area contributed by atoms with E-state index < -0.39 is 0 Å². The summed E-state index contributed by atoms with van der Waals surface area (Å²) in [5.74, 6) is 0.445.